The average Bonchev–Trinajstić information content (AvgIpc) is 2.13. The molecular formula is C10H17FO3. The maximum atomic E-state index is 13.1. The quantitative estimate of drug-likeness (QED) is 0.528. The Morgan fingerprint density at radius 1 is 1.64 bits per heavy atom. The van der Waals surface area contributed by atoms with Crippen molar-refractivity contribution in [2.75, 3.05) is 6.61 Å². The minimum atomic E-state index is -1.35. The van der Waals surface area contributed by atoms with E-state index in [0.29, 0.717) is 6.42 Å². The number of esters is 1. The van der Waals surface area contributed by atoms with E-state index in [1.165, 1.54) is 6.92 Å². The number of hydrogen-bond acceptors (Lipinski definition) is 3. The fourth-order valence-corrected chi connectivity index (χ4v) is 0.845. The summed E-state index contributed by atoms with van der Waals surface area (Å²) in [5.74, 6) is -0.771. The van der Waals surface area contributed by atoms with Crippen LogP contribution >= 0.6 is 0 Å². The molecule has 0 saturated carbocycles. The van der Waals surface area contributed by atoms with E-state index >= 15 is 0 Å². The predicted molar refractivity (Wildman–Crippen MR) is 51.6 cm³/mol. The van der Waals surface area contributed by atoms with Gasteiger partial charge in [0.2, 0.25) is 0 Å². The molecule has 0 bridgehead atoms. The molecule has 2 unspecified atom stereocenters. The molecule has 0 spiro atoms. The highest BCUT2D eigenvalue weighted by molar-refractivity contribution is 5.88. The maximum absolute atomic E-state index is 13.1. The van der Waals surface area contributed by atoms with Crippen LogP contribution in [0, 0.1) is 0 Å². The minimum absolute atomic E-state index is 0.128. The molecule has 0 rings (SSSR count). The van der Waals surface area contributed by atoms with Crippen molar-refractivity contribution in [2.24, 2.45) is 0 Å². The smallest absolute Gasteiger partial charge is 0.336 e. The molecule has 82 valence electrons. The minimum Gasteiger partial charge on any atom is -0.460 e. The lowest BCUT2D eigenvalue weighted by Gasteiger charge is -2.11. The van der Waals surface area contributed by atoms with E-state index in [-0.39, 0.29) is 18.6 Å². The first-order valence-corrected chi connectivity index (χ1v) is 4.67. The summed E-state index contributed by atoms with van der Waals surface area (Å²) >= 11 is 0. The summed E-state index contributed by atoms with van der Waals surface area (Å²) in [5.41, 5.74) is -0.174. The number of hydrogen-bond donors (Lipinski definition) is 1. The molecule has 4 heteroatoms. The lowest BCUT2D eigenvalue weighted by molar-refractivity contribution is -0.142. The summed E-state index contributed by atoms with van der Waals surface area (Å²) in [6.07, 6.45) is -1.18. The molecule has 0 aliphatic heterocycles. The zero-order chi connectivity index (χ0) is 11.1. The average molecular weight is 204 g/mol. The number of halogens is 1. The van der Waals surface area contributed by atoms with Crippen molar-refractivity contribution < 1.29 is 19.0 Å². The first-order valence-electron chi connectivity index (χ1n) is 4.67. The van der Waals surface area contributed by atoms with Gasteiger partial charge in [0.25, 0.3) is 0 Å². The maximum Gasteiger partial charge on any atom is 0.336 e. The van der Waals surface area contributed by atoms with Crippen LogP contribution in [0.3, 0.4) is 0 Å². The van der Waals surface area contributed by atoms with Crippen LogP contribution in [-0.4, -0.2) is 30.0 Å². The van der Waals surface area contributed by atoms with Crippen molar-refractivity contribution in [3.05, 3.63) is 12.2 Å². The van der Waals surface area contributed by atoms with Crippen LogP contribution in [0.1, 0.15) is 26.7 Å². The Balaban J connectivity index is 3.93. The number of aliphatic hydroxyl groups excluding tert-OH is 1. The van der Waals surface area contributed by atoms with E-state index in [0.717, 1.165) is 0 Å². The van der Waals surface area contributed by atoms with Crippen LogP contribution in [0.2, 0.25) is 0 Å². The van der Waals surface area contributed by atoms with Gasteiger partial charge in [-0.3, -0.25) is 0 Å². The van der Waals surface area contributed by atoms with E-state index in [2.05, 4.69) is 11.3 Å². The van der Waals surface area contributed by atoms with Crippen molar-refractivity contribution in [3.63, 3.8) is 0 Å². The Morgan fingerprint density at radius 2 is 2.21 bits per heavy atom. The van der Waals surface area contributed by atoms with E-state index in [9.17, 15) is 9.18 Å². The molecule has 0 saturated heterocycles. The van der Waals surface area contributed by atoms with E-state index in [1.807, 2.05) is 6.92 Å². The molecule has 14 heavy (non-hydrogen) atoms. The molecule has 0 aromatic carbocycles. The van der Waals surface area contributed by atoms with Gasteiger partial charge in [0, 0.05) is 0 Å². The Kier molecular flexibility index (Phi) is 6.12. The van der Waals surface area contributed by atoms with Gasteiger partial charge in [0.05, 0.1) is 11.7 Å². The predicted octanol–water partition coefficient (Wildman–Crippen LogP) is 1.60. The van der Waals surface area contributed by atoms with Gasteiger partial charge in [0.15, 0.2) is 0 Å². The molecule has 0 amide bonds. The number of carbonyl (C=O) groups excluding carboxylic acids is 1. The highest BCUT2D eigenvalue weighted by Gasteiger charge is 2.18. The second kappa shape index (κ2) is 6.54. The summed E-state index contributed by atoms with van der Waals surface area (Å²) in [6.45, 7) is 6.49. The number of alkyl halides is 1. The summed E-state index contributed by atoms with van der Waals surface area (Å²) in [7, 11) is 0. The van der Waals surface area contributed by atoms with Gasteiger partial charge in [-0.15, -0.1) is 0 Å². The molecule has 2 atom stereocenters. The van der Waals surface area contributed by atoms with Crippen LogP contribution in [0.4, 0.5) is 4.39 Å². The third kappa shape index (κ3) is 4.97. The molecule has 1 N–H and O–H groups in total. The van der Waals surface area contributed by atoms with Gasteiger partial charge in [-0.05, 0) is 13.3 Å². The van der Waals surface area contributed by atoms with Crippen molar-refractivity contribution in [1.82, 2.24) is 0 Å². The third-order valence-electron chi connectivity index (χ3n) is 1.64. The first-order chi connectivity index (χ1) is 6.49. The monoisotopic (exact) mass is 204 g/mol. The van der Waals surface area contributed by atoms with Gasteiger partial charge >= 0.3 is 5.97 Å². The second-order valence-electron chi connectivity index (χ2n) is 3.23. The molecule has 0 fully saturated rings. The van der Waals surface area contributed by atoms with E-state index < -0.39 is 18.2 Å². The Hall–Kier alpha value is -0.900. The molecule has 0 aliphatic rings. The second-order valence-corrected chi connectivity index (χ2v) is 3.23. The zero-order valence-electron chi connectivity index (χ0n) is 8.62. The first kappa shape index (κ1) is 13.1. The topological polar surface area (TPSA) is 46.5 Å². The van der Waals surface area contributed by atoms with Crippen molar-refractivity contribution in [2.45, 2.75) is 39.0 Å². The van der Waals surface area contributed by atoms with Crippen LogP contribution < -0.4 is 0 Å². The highest BCUT2D eigenvalue weighted by atomic mass is 19.1. The largest absolute Gasteiger partial charge is 0.460 e. The normalized spacial score (nSPS) is 14.6. The Bertz CT molecular complexity index is 202. The van der Waals surface area contributed by atoms with Crippen molar-refractivity contribution >= 4 is 5.97 Å². The van der Waals surface area contributed by atoms with E-state index in [1.54, 1.807) is 0 Å². The van der Waals surface area contributed by atoms with Crippen LogP contribution in [0.15, 0.2) is 12.2 Å². The van der Waals surface area contributed by atoms with Gasteiger partial charge in [-0.25, -0.2) is 9.18 Å². The lowest BCUT2D eigenvalue weighted by Crippen LogP contribution is -2.20. The third-order valence-corrected chi connectivity index (χ3v) is 1.64. The lowest BCUT2D eigenvalue weighted by atomic mass is 10.1. The van der Waals surface area contributed by atoms with Crippen LogP contribution in [0.5, 0.6) is 0 Å². The van der Waals surface area contributed by atoms with Crippen LogP contribution in [-0.2, 0) is 9.53 Å². The number of ether oxygens (including phenoxy) is 1. The van der Waals surface area contributed by atoms with Crippen LogP contribution in [0.25, 0.3) is 0 Å². The molecule has 0 radical (unpaired) electrons. The van der Waals surface area contributed by atoms with Gasteiger partial charge in [-0.2, -0.15) is 0 Å². The fraction of sp³-hybridized carbons (Fsp3) is 0.700. The SMILES string of the molecule is C=C(C(=O)OCC(C)O)C(F)CCC. The fourth-order valence-electron chi connectivity index (χ4n) is 0.845. The molecule has 0 heterocycles. The van der Waals surface area contributed by atoms with Gasteiger partial charge in [-0.1, -0.05) is 19.9 Å². The molecule has 0 aromatic heterocycles. The summed E-state index contributed by atoms with van der Waals surface area (Å²) in [5, 5.41) is 8.82. The van der Waals surface area contributed by atoms with E-state index in [4.69, 9.17) is 5.11 Å². The zero-order valence-corrected chi connectivity index (χ0v) is 8.62. The Labute approximate surface area is 83.6 Å². The standard InChI is InChI=1S/C10H17FO3/c1-4-5-9(11)8(3)10(13)14-6-7(2)12/h7,9,12H,3-6H2,1-2H3. The van der Waals surface area contributed by atoms with Crippen molar-refractivity contribution in [1.29, 1.82) is 0 Å². The molecule has 3 nitrogen and oxygen atoms in total. The summed E-state index contributed by atoms with van der Waals surface area (Å²) in [4.78, 5) is 11.1. The molecule has 0 aliphatic carbocycles. The molecule has 0 aromatic rings. The number of rotatable bonds is 6. The number of carbonyl (C=O) groups is 1. The number of aliphatic hydroxyl groups is 1. The van der Waals surface area contributed by atoms with Gasteiger partial charge in [0.1, 0.15) is 12.8 Å². The molecular weight excluding hydrogens is 187 g/mol. The highest BCUT2D eigenvalue weighted by Crippen LogP contribution is 2.12. The van der Waals surface area contributed by atoms with Gasteiger partial charge < -0.3 is 9.84 Å². The summed E-state index contributed by atoms with van der Waals surface area (Å²) in [6, 6.07) is 0. The van der Waals surface area contributed by atoms with Crippen molar-refractivity contribution in [3.8, 4) is 0 Å². The summed E-state index contributed by atoms with van der Waals surface area (Å²) < 4.78 is 17.7. The Morgan fingerprint density at radius 3 is 2.64 bits per heavy atom.